The van der Waals surface area contributed by atoms with E-state index < -0.39 is 11.8 Å². The van der Waals surface area contributed by atoms with Gasteiger partial charge in [0.15, 0.2) is 0 Å². The number of nitrogens with zero attached hydrogens (tertiary/aromatic N) is 1. The van der Waals surface area contributed by atoms with E-state index in [0.29, 0.717) is 25.3 Å². The van der Waals surface area contributed by atoms with E-state index in [2.05, 4.69) is 10.3 Å². The molecule has 0 radical (unpaired) electrons. The Balaban J connectivity index is 0.00000264. The van der Waals surface area contributed by atoms with Crippen LogP contribution in [-0.2, 0) is 0 Å². The van der Waals surface area contributed by atoms with Crippen LogP contribution in [0.2, 0.25) is 0 Å². The summed E-state index contributed by atoms with van der Waals surface area (Å²) in [7, 11) is 0. The van der Waals surface area contributed by atoms with Crippen LogP contribution < -0.4 is 28.9 Å². The summed E-state index contributed by atoms with van der Waals surface area (Å²) in [5.74, 6) is -1.64. The SMILES string of the molecule is O=C(O)c1cc(F)cnc1NCCCOc1ccc(F)cc1.[Li+].[OH-]. The van der Waals surface area contributed by atoms with Gasteiger partial charge in [0.25, 0.3) is 0 Å². The molecule has 0 fully saturated rings. The largest absolute Gasteiger partial charge is 1.00 e. The molecular weight excluding hydrogens is 317 g/mol. The van der Waals surface area contributed by atoms with Crippen LogP contribution in [0.1, 0.15) is 16.8 Å². The molecule has 1 aromatic heterocycles. The van der Waals surface area contributed by atoms with Crippen molar-refractivity contribution in [2.24, 2.45) is 0 Å². The van der Waals surface area contributed by atoms with E-state index in [1.807, 2.05) is 0 Å². The molecule has 0 saturated heterocycles. The number of nitrogens with one attached hydrogen (secondary N) is 1. The Kier molecular flexibility index (Phi) is 9.65. The van der Waals surface area contributed by atoms with Gasteiger partial charge in [0.1, 0.15) is 28.8 Å². The molecule has 24 heavy (non-hydrogen) atoms. The molecule has 0 aliphatic carbocycles. The number of halogens is 2. The van der Waals surface area contributed by atoms with E-state index in [4.69, 9.17) is 9.84 Å². The van der Waals surface area contributed by atoms with E-state index in [1.54, 1.807) is 0 Å². The fraction of sp³-hybridized carbons (Fsp3) is 0.200. The van der Waals surface area contributed by atoms with Crippen molar-refractivity contribution >= 4 is 11.8 Å². The van der Waals surface area contributed by atoms with Crippen molar-refractivity contribution in [1.29, 1.82) is 0 Å². The number of pyridine rings is 1. The first-order valence-corrected chi connectivity index (χ1v) is 6.57. The third kappa shape index (κ3) is 6.54. The number of ether oxygens (including phenoxy) is 1. The quantitative estimate of drug-likeness (QED) is 0.536. The summed E-state index contributed by atoms with van der Waals surface area (Å²) in [6.07, 6.45) is 1.51. The van der Waals surface area contributed by atoms with Gasteiger partial charge in [-0.15, -0.1) is 0 Å². The number of hydrogen-bond donors (Lipinski definition) is 2. The average molecular weight is 332 g/mol. The van der Waals surface area contributed by atoms with Gasteiger partial charge in [0.05, 0.1) is 12.8 Å². The van der Waals surface area contributed by atoms with E-state index in [9.17, 15) is 13.6 Å². The molecule has 0 spiro atoms. The third-order valence-electron chi connectivity index (χ3n) is 2.78. The number of carboxylic acid groups (broad SMARTS) is 1. The molecule has 2 rings (SSSR count). The van der Waals surface area contributed by atoms with Gasteiger partial charge in [-0.25, -0.2) is 18.6 Å². The summed E-state index contributed by atoms with van der Waals surface area (Å²) >= 11 is 0. The van der Waals surface area contributed by atoms with Gasteiger partial charge in [-0.1, -0.05) is 0 Å². The molecule has 0 aliphatic rings. The Morgan fingerprint density at radius 1 is 1.21 bits per heavy atom. The minimum atomic E-state index is -1.25. The van der Waals surface area contributed by atoms with Gasteiger partial charge in [-0.05, 0) is 36.8 Å². The minimum absolute atomic E-state index is 0. The average Bonchev–Trinajstić information content (AvgIpc) is 2.50. The molecule has 0 saturated carbocycles. The zero-order chi connectivity index (χ0) is 15.9. The maximum Gasteiger partial charge on any atom is 1.00 e. The summed E-state index contributed by atoms with van der Waals surface area (Å²) < 4.78 is 31.1. The molecule has 9 heteroatoms. The Morgan fingerprint density at radius 2 is 1.88 bits per heavy atom. The second kappa shape index (κ2) is 10.6. The smallest absolute Gasteiger partial charge is 0.870 e. The topological polar surface area (TPSA) is 101 Å². The van der Waals surface area contributed by atoms with Crippen molar-refractivity contribution in [3.8, 4) is 5.75 Å². The summed E-state index contributed by atoms with van der Waals surface area (Å²) in [6.45, 7) is 0.766. The van der Waals surface area contributed by atoms with Gasteiger partial charge in [-0.3, -0.25) is 0 Å². The van der Waals surface area contributed by atoms with Crippen LogP contribution in [0.15, 0.2) is 36.5 Å². The molecule has 0 aliphatic heterocycles. The van der Waals surface area contributed by atoms with Gasteiger partial charge in [0, 0.05) is 6.54 Å². The third-order valence-corrected chi connectivity index (χ3v) is 2.78. The number of hydrogen-bond acceptors (Lipinski definition) is 5. The van der Waals surface area contributed by atoms with Crippen LogP contribution in [0.3, 0.4) is 0 Å². The first kappa shape index (κ1) is 21.9. The summed E-state index contributed by atoms with van der Waals surface area (Å²) in [4.78, 5) is 14.7. The molecule has 2 aromatic rings. The number of rotatable bonds is 7. The number of aromatic carboxylic acids is 1. The second-order valence-electron chi connectivity index (χ2n) is 4.44. The maximum atomic E-state index is 13.0. The minimum Gasteiger partial charge on any atom is -0.870 e. The van der Waals surface area contributed by atoms with E-state index in [1.165, 1.54) is 24.3 Å². The normalized spacial score (nSPS) is 9.42. The number of benzene rings is 1. The van der Waals surface area contributed by atoms with E-state index in [-0.39, 0.29) is 41.5 Å². The molecule has 1 aromatic carbocycles. The Hall–Kier alpha value is -2.14. The van der Waals surface area contributed by atoms with Crippen molar-refractivity contribution in [1.82, 2.24) is 4.98 Å². The fourth-order valence-corrected chi connectivity index (χ4v) is 1.74. The van der Waals surface area contributed by atoms with Crippen LogP contribution in [0, 0.1) is 11.6 Å². The predicted octanol–water partition coefficient (Wildman–Crippen LogP) is -0.234. The first-order valence-electron chi connectivity index (χ1n) is 6.57. The monoisotopic (exact) mass is 332 g/mol. The molecule has 0 bridgehead atoms. The van der Waals surface area contributed by atoms with Crippen molar-refractivity contribution < 1.29 is 47.8 Å². The van der Waals surface area contributed by atoms with Crippen LogP contribution in [0.5, 0.6) is 5.75 Å². The molecule has 124 valence electrons. The molecular formula is C15H15F2LiN2O4. The molecule has 1 heterocycles. The zero-order valence-electron chi connectivity index (χ0n) is 13.0. The standard InChI is InChI=1S/C15H14F2N2O3.Li.H2O/c16-10-2-4-12(5-3-10)22-7-1-6-18-14-13(15(20)21)8-11(17)9-19-14;;/h2-5,8-9H,1,6-7H2,(H,18,19)(H,20,21);;1H2/q;+1;/p-1. The summed E-state index contributed by atoms with van der Waals surface area (Å²) in [6, 6.07) is 6.55. The molecule has 0 unspecified atom stereocenters. The Morgan fingerprint density at radius 3 is 2.50 bits per heavy atom. The van der Waals surface area contributed by atoms with Crippen molar-refractivity contribution in [2.45, 2.75) is 6.42 Å². The van der Waals surface area contributed by atoms with Gasteiger partial charge < -0.3 is 20.6 Å². The number of carbonyl (C=O) groups is 1. The molecule has 0 amide bonds. The van der Waals surface area contributed by atoms with Gasteiger partial charge >= 0.3 is 24.8 Å². The van der Waals surface area contributed by atoms with Crippen molar-refractivity contribution in [2.75, 3.05) is 18.5 Å². The molecule has 6 nitrogen and oxygen atoms in total. The fourth-order valence-electron chi connectivity index (χ4n) is 1.74. The number of aromatic nitrogens is 1. The van der Waals surface area contributed by atoms with Crippen LogP contribution in [-0.4, -0.2) is 34.7 Å². The van der Waals surface area contributed by atoms with Gasteiger partial charge in [-0.2, -0.15) is 0 Å². The number of carboxylic acids is 1. The molecule has 0 atom stereocenters. The number of anilines is 1. The Bertz CT molecular complexity index is 656. The van der Waals surface area contributed by atoms with Crippen molar-refractivity contribution in [3.05, 3.63) is 53.7 Å². The zero-order valence-corrected chi connectivity index (χ0v) is 13.0. The van der Waals surface area contributed by atoms with Crippen LogP contribution in [0.4, 0.5) is 14.6 Å². The Labute approximate surface area is 149 Å². The maximum absolute atomic E-state index is 13.0. The van der Waals surface area contributed by atoms with Crippen LogP contribution >= 0.6 is 0 Å². The van der Waals surface area contributed by atoms with E-state index in [0.717, 1.165) is 12.3 Å². The first-order chi connectivity index (χ1) is 10.6. The second-order valence-corrected chi connectivity index (χ2v) is 4.44. The van der Waals surface area contributed by atoms with Crippen molar-refractivity contribution in [3.63, 3.8) is 0 Å². The summed E-state index contributed by atoms with van der Waals surface area (Å²) in [5.41, 5.74) is -0.223. The predicted molar refractivity (Wildman–Crippen MR) is 78.1 cm³/mol. The van der Waals surface area contributed by atoms with Crippen LogP contribution in [0.25, 0.3) is 0 Å². The summed E-state index contributed by atoms with van der Waals surface area (Å²) in [5, 5.41) is 11.8. The molecule has 3 N–H and O–H groups in total. The van der Waals surface area contributed by atoms with Gasteiger partial charge in [0.2, 0.25) is 0 Å². The van der Waals surface area contributed by atoms with E-state index >= 15 is 0 Å².